The van der Waals surface area contributed by atoms with Crippen LogP contribution in [0.4, 0.5) is 0 Å². The lowest BCUT2D eigenvalue weighted by Crippen LogP contribution is -1.96. The van der Waals surface area contributed by atoms with Gasteiger partial charge in [0.05, 0.1) is 5.88 Å². The summed E-state index contributed by atoms with van der Waals surface area (Å²) in [6.07, 6.45) is 0. The van der Waals surface area contributed by atoms with Gasteiger partial charge < -0.3 is 4.74 Å². The second-order valence-corrected chi connectivity index (χ2v) is 5.10. The number of alkyl halides is 1. The van der Waals surface area contributed by atoms with Crippen molar-refractivity contribution >= 4 is 34.8 Å². The molecule has 0 bridgehead atoms. The van der Waals surface area contributed by atoms with Crippen LogP contribution in [0, 0.1) is 11.8 Å². The average Bonchev–Trinajstić information content (AvgIpc) is 2.46. The normalized spacial score (nSPS) is 9.75. The van der Waals surface area contributed by atoms with E-state index in [0.717, 1.165) is 16.9 Å². The number of benzene rings is 2. The molecule has 2 rings (SSSR count). The predicted molar refractivity (Wildman–Crippen MR) is 84.8 cm³/mol. The molecule has 2 aromatic carbocycles. The molecule has 0 aliphatic heterocycles. The summed E-state index contributed by atoms with van der Waals surface area (Å²) in [6, 6.07) is 12.8. The smallest absolute Gasteiger partial charge is 0.121 e. The molecule has 0 amide bonds. The summed E-state index contributed by atoms with van der Waals surface area (Å²) in [6.45, 7) is 0.353. The molecule has 0 aliphatic rings. The van der Waals surface area contributed by atoms with Crippen molar-refractivity contribution in [3.8, 4) is 17.6 Å². The van der Waals surface area contributed by atoms with Crippen LogP contribution in [-0.4, -0.2) is 5.88 Å². The minimum atomic E-state index is 0.309. The zero-order chi connectivity index (χ0) is 14.4. The Balaban J connectivity index is 2.09. The van der Waals surface area contributed by atoms with Gasteiger partial charge in [-0.15, -0.1) is 11.6 Å². The predicted octanol–water partition coefficient (Wildman–Crippen LogP) is 5.16. The van der Waals surface area contributed by atoms with Gasteiger partial charge in [-0.05, 0) is 36.4 Å². The standard InChI is InChI=1S/C16H11Cl3O/c17-8-2-4-12-3-1-5-15(9-12)20-11-13-10-14(18)6-7-16(13)19/h1,3,5-7,9-10H,8,11H2. The highest BCUT2D eigenvalue weighted by atomic mass is 35.5. The molecule has 0 fully saturated rings. The van der Waals surface area contributed by atoms with Gasteiger partial charge in [0.15, 0.2) is 0 Å². The second-order valence-electron chi connectivity index (χ2n) is 3.99. The topological polar surface area (TPSA) is 9.23 Å². The van der Waals surface area contributed by atoms with Crippen molar-refractivity contribution in [3.05, 3.63) is 63.6 Å². The van der Waals surface area contributed by atoms with Gasteiger partial charge >= 0.3 is 0 Å². The van der Waals surface area contributed by atoms with Gasteiger partial charge in [0.1, 0.15) is 12.4 Å². The molecule has 1 nitrogen and oxygen atoms in total. The molecule has 0 N–H and O–H groups in total. The minimum Gasteiger partial charge on any atom is -0.489 e. The molecule has 0 saturated heterocycles. The fourth-order valence-corrected chi connectivity index (χ4v) is 2.05. The molecule has 20 heavy (non-hydrogen) atoms. The zero-order valence-electron chi connectivity index (χ0n) is 10.5. The molecule has 0 unspecified atom stereocenters. The van der Waals surface area contributed by atoms with E-state index in [2.05, 4.69) is 11.8 Å². The first-order valence-corrected chi connectivity index (χ1v) is 7.19. The van der Waals surface area contributed by atoms with E-state index in [1.807, 2.05) is 24.3 Å². The number of ether oxygens (including phenoxy) is 1. The first kappa shape index (κ1) is 15.1. The maximum absolute atomic E-state index is 6.09. The van der Waals surface area contributed by atoms with E-state index in [0.29, 0.717) is 22.5 Å². The van der Waals surface area contributed by atoms with Gasteiger partial charge in [-0.25, -0.2) is 0 Å². The molecule has 2 aromatic rings. The van der Waals surface area contributed by atoms with Gasteiger partial charge in [0, 0.05) is 21.2 Å². The van der Waals surface area contributed by atoms with Crippen LogP contribution in [0.25, 0.3) is 0 Å². The molecular formula is C16H11Cl3O. The molecule has 102 valence electrons. The van der Waals surface area contributed by atoms with Crippen molar-refractivity contribution < 1.29 is 4.74 Å². The van der Waals surface area contributed by atoms with Crippen LogP contribution in [-0.2, 0) is 6.61 Å². The molecule has 0 radical (unpaired) electrons. The Kier molecular flexibility index (Phi) is 5.61. The second kappa shape index (κ2) is 7.45. The van der Waals surface area contributed by atoms with Gasteiger partial charge in [0.2, 0.25) is 0 Å². The van der Waals surface area contributed by atoms with Gasteiger partial charge in [-0.1, -0.05) is 41.1 Å². The van der Waals surface area contributed by atoms with E-state index in [1.54, 1.807) is 18.2 Å². The summed E-state index contributed by atoms with van der Waals surface area (Å²) < 4.78 is 5.70. The van der Waals surface area contributed by atoms with Crippen LogP contribution >= 0.6 is 34.8 Å². The van der Waals surface area contributed by atoms with Crippen LogP contribution in [0.1, 0.15) is 11.1 Å². The minimum absolute atomic E-state index is 0.309. The van der Waals surface area contributed by atoms with Crippen molar-refractivity contribution in [2.75, 3.05) is 5.88 Å². The first-order valence-electron chi connectivity index (χ1n) is 5.90. The van der Waals surface area contributed by atoms with Crippen molar-refractivity contribution in [2.24, 2.45) is 0 Å². The highest BCUT2D eigenvalue weighted by Crippen LogP contribution is 2.22. The fraction of sp³-hybridized carbons (Fsp3) is 0.125. The lowest BCUT2D eigenvalue weighted by atomic mass is 10.2. The summed E-state index contributed by atoms with van der Waals surface area (Å²) in [5.74, 6) is 6.78. The average molecular weight is 326 g/mol. The van der Waals surface area contributed by atoms with Gasteiger partial charge in [-0.3, -0.25) is 0 Å². The number of hydrogen-bond acceptors (Lipinski definition) is 1. The van der Waals surface area contributed by atoms with Gasteiger partial charge in [-0.2, -0.15) is 0 Å². The molecule has 0 spiro atoms. The molecule has 0 heterocycles. The Bertz CT molecular complexity index is 656. The third kappa shape index (κ3) is 4.35. The van der Waals surface area contributed by atoms with E-state index in [4.69, 9.17) is 39.5 Å². The summed E-state index contributed by atoms with van der Waals surface area (Å²) in [7, 11) is 0. The number of rotatable bonds is 3. The lowest BCUT2D eigenvalue weighted by molar-refractivity contribution is 0.306. The van der Waals surface area contributed by atoms with Crippen molar-refractivity contribution in [2.45, 2.75) is 6.61 Å². The molecular weight excluding hydrogens is 315 g/mol. The van der Waals surface area contributed by atoms with E-state index in [9.17, 15) is 0 Å². The van der Waals surface area contributed by atoms with Crippen LogP contribution in [0.2, 0.25) is 10.0 Å². The molecule has 0 saturated carbocycles. The maximum atomic E-state index is 6.09. The van der Waals surface area contributed by atoms with Crippen LogP contribution in [0.15, 0.2) is 42.5 Å². The maximum Gasteiger partial charge on any atom is 0.121 e. The van der Waals surface area contributed by atoms with E-state index >= 15 is 0 Å². The Labute approximate surface area is 133 Å². The fourth-order valence-electron chi connectivity index (χ4n) is 1.61. The highest BCUT2D eigenvalue weighted by Gasteiger charge is 2.03. The lowest BCUT2D eigenvalue weighted by Gasteiger charge is -2.08. The van der Waals surface area contributed by atoms with E-state index < -0.39 is 0 Å². The van der Waals surface area contributed by atoms with Crippen LogP contribution < -0.4 is 4.74 Å². The SMILES string of the molecule is ClCC#Cc1cccc(OCc2cc(Cl)ccc2Cl)c1. The van der Waals surface area contributed by atoms with Crippen LogP contribution in [0.5, 0.6) is 5.75 Å². The molecule has 0 atom stereocenters. The summed E-state index contributed by atoms with van der Waals surface area (Å²) in [5, 5.41) is 1.27. The largest absolute Gasteiger partial charge is 0.489 e. The van der Waals surface area contributed by atoms with E-state index in [-0.39, 0.29) is 0 Å². The Morgan fingerprint density at radius 2 is 1.90 bits per heavy atom. The monoisotopic (exact) mass is 324 g/mol. The summed E-state index contributed by atoms with van der Waals surface area (Å²) in [4.78, 5) is 0. The van der Waals surface area contributed by atoms with Crippen molar-refractivity contribution in [1.29, 1.82) is 0 Å². The number of hydrogen-bond donors (Lipinski definition) is 0. The Morgan fingerprint density at radius 1 is 1.05 bits per heavy atom. The van der Waals surface area contributed by atoms with E-state index in [1.165, 1.54) is 0 Å². The van der Waals surface area contributed by atoms with Crippen LogP contribution in [0.3, 0.4) is 0 Å². The van der Waals surface area contributed by atoms with Gasteiger partial charge in [0.25, 0.3) is 0 Å². The molecule has 0 aromatic heterocycles. The molecule has 0 aliphatic carbocycles. The summed E-state index contributed by atoms with van der Waals surface area (Å²) in [5.41, 5.74) is 1.71. The van der Waals surface area contributed by atoms with Crippen molar-refractivity contribution in [3.63, 3.8) is 0 Å². The first-order chi connectivity index (χ1) is 9.69. The quantitative estimate of drug-likeness (QED) is 0.559. The third-order valence-corrected chi connectivity index (χ3v) is 3.27. The number of halogens is 3. The third-order valence-electron chi connectivity index (χ3n) is 2.54. The zero-order valence-corrected chi connectivity index (χ0v) is 12.8. The summed E-state index contributed by atoms with van der Waals surface area (Å²) >= 11 is 17.6. The van der Waals surface area contributed by atoms with Crippen molar-refractivity contribution in [1.82, 2.24) is 0 Å². The Hall–Kier alpha value is -1.33. The molecule has 4 heteroatoms. The Morgan fingerprint density at radius 3 is 2.70 bits per heavy atom. The highest BCUT2D eigenvalue weighted by molar-refractivity contribution is 6.33.